The molecular formula is C13H15ClFNO4. The largest absolute Gasteiger partial charge is 0.481 e. The zero-order valence-corrected chi connectivity index (χ0v) is 11.8. The molecule has 0 aliphatic heterocycles. The van der Waals surface area contributed by atoms with Crippen LogP contribution in [0.15, 0.2) is 18.2 Å². The second-order valence-electron chi connectivity index (χ2n) is 4.64. The molecule has 0 saturated heterocycles. The maximum atomic E-state index is 13.6. The molecule has 0 bridgehead atoms. The molecule has 0 aliphatic carbocycles. The third-order valence-electron chi connectivity index (χ3n) is 2.60. The minimum Gasteiger partial charge on any atom is -0.481 e. The van der Waals surface area contributed by atoms with Crippen LogP contribution in [0.5, 0.6) is 0 Å². The quantitative estimate of drug-likeness (QED) is 0.844. The SMILES string of the molecule is COCC(C)(CC(=O)O)NC(=O)c1ccc(Cl)cc1F. The minimum atomic E-state index is -1.14. The number of carbonyl (C=O) groups excluding carboxylic acids is 1. The number of methoxy groups -OCH3 is 1. The van der Waals surface area contributed by atoms with Crippen molar-refractivity contribution >= 4 is 23.5 Å². The summed E-state index contributed by atoms with van der Waals surface area (Å²) in [6, 6.07) is 3.63. The van der Waals surface area contributed by atoms with E-state index in [1.165, 1.54) is 26.2 Å². The maximum Gasteiger partial charge on any atom is 0.305 e. The van der Waals surface area contributed by atoms with Gasteiger partial charge in [0.1, 0.15) is 5.82 Å². The molecule has 0 aromatic heterocycles. The van der Waals surface area contributed by atoms with E-state index in [1.807, 2.05) is 0 Å². The number of carboxylic acids is 1. The van der Waals surface area contributed by atoms with Gasteiger partial charge in [-0.3, -0.25) is 9.59 Å². The van der Waals surface area contributed by atoms with Crippen molar-refractivity contribution < 1.29 is 23.8 Å². The van der Waals surface area contributed by atoms with E-state index in [2.05, 4.69) is 5.32 Å². The number of ether oxygens (including phenoxy) is 1. The van der Waals surface area contributed by atoms with Gasteiger partial charge in [0.25, 0.3) is 5.91 Å². The van der Waals surface area contributed by atoms with Gasteiger partial charge in [0.15, 0.2) is 0 Å². The summed E-state index contributed by atoms with van der Waals surface area (Å²) < 4.78 is 18.5. The van der Waals surface area contributed by atoms with Crippen molar-refractivity contribution in [2.45, 2.75) is 18.9 Å². The Labute approximate surface area is 120 Å². The molecule has 1 rings (SSSR count). The number of hydrogen-bond acceptors (Lipinski definition) is 3. The molecule has 5 nitrogen and oxygen atoms in total. The summed E-state index contributed by atoms with van der Waals surface area (Å²) in [5.41, 5.74) is -1.34. The summed E-state index contributed by atoms with van der Waals surface area (Å²) in [7, 11) is 1.38. The maximum absolute atomic E-state index is 13.6. The van der Waals surface area contributed by atoms with Gasteiger partial charge in [-0.2, -0.15) is 0 Å². The molecule has 0 saturated carbocycles. The Kier molecular flexibility index (Phi) is 5.47. The van der Waals surface area contributed by atoms with Crippen LogP contribution in [-0.2, 0) is 9.53 Å². The number of carbonyl (C=O) groups is 2. The van der Waals surface area contributed by atoms with Gasteiger partial charge in [-0.25, -0.2) is 4.39 Å². The fraction of sp³-hybridized carbons (Fsp3) is 0.385. The summed E-state index contributed by atoms with van der Waals surface area (Å²) in [6.07, 6.45) is -0.345. The van der Waals surface area contributed by atoms with Crippen LogP contribution in [0.3, 0.4) is 0 Å². The second-order valence-corrected chi connectivity index (χ2v) is 5.08. The Balaban J connectivity index is 2.93. The van der Waals surface area contributed by atoms with Crippen LogP contribution in [0.2, 0.25) is 5.02 Å². The van der Waals surface area contributed by atoms with Gasteiger partial charge >= 0.3 is 5.97 Å². The van der Waals surface area contributed by atoms with Crippen molar-refractivity contribution in [3.05, 3.63) is 34.6 Å². The van der Waals surface area contributed by atoms with E-state index in [-0.39, 0.29) is 23.6 Å². The van der Waals surface area contributed by atoms with Crippen molar-refractivity contribution in [1.29, 1.82) is 0 Å². The highest BCUT2D eigenvalue weighted by atomic mass is 35.5. The zero-order chi connectivity index (χ0) is 15.3. The highest BCUT2D eigenvalue weighted by molar-refractivity contribution is 6.30. The Bertz CT molecular complexity index is 523. The van der Waals surface area contributed by atoms with Crippen molar-refractivity contribution in [2.24, 2.45) is 0 Å². The zero-order valence-electron chi connectivity index (χ0n) is 11.1. The van der Waals surface area contributed by atoms with E-state index in [1.54, 1.807) is 0 Å². The topological polar surface area (TPSA) is 75.6 Å². The van der Waals surface area contributed by atoms with E-state index >= 15 is 0 Å². The molecule has 0 spiro atoms. The Morgan fingerprint density at radius 2 is 2.15 bits per heavy atom. The first-order valence-corrected chi connectivity index (χ1v) is 6.13. The number of carboxylic acid groups (broad SMARTS) is 1. The summed E-state index contributed by atoms with van der Waals surface area (Å²) in [5.74, 6) is -2.59. The van der Waals surface area contributed by atoms with E-state index in [0.29, 0.717) is 0 Å². The van der Waals surface area contributed by atoms with Gasteiger partial charge in [0, 0.05) is 12.1 Å². The average Bonchev–Trinajstić information content (AvgIpc) is 2.26. The van der Waals surface area contributed by atoms with Gasteiger partial charge in [-0.1, -0.05) is 11.6 Å². The molecule has 0 fully saturated rings. The average molecular weight is 304 g/mol. The fourth-order valence-electron chi connectivity index (χ4n) is 1.80. The molecule has 1 amide bonds. The number of amides is 1. The van der Waals surface area contributed by atoms with Crippen molar-refractivity contribution in [3.8, 4) is 0 Å². The highest BCUT2D eigenvalue weighted by Crippen LogP contribution is 2.17. The molecule has 1 aromatic carbocycles. The van der Waals surface area contributed by atoms with Gasteiger partial charge in [-0.15, -0.1) is 0 Å². The van der Waals surface area contributed by atoms with Crippen LogP contribution < -0.4 is 5.32 Å². The lowest BCUT2D eigenvalue weighted by atomic mass is 9.98. The third kappa shape index (κ3) is 4.47. The summed E-state index contributed by atoms with van der Waals surface area (Å²) in [4.78, 5) is 22.8. The molecule has 1 atom stereocenters. The molecule has 7 heteroatoms. The Morgan fingerprint density at radius 3 is 2.65 bits per heavy atom. The third-order valence-corrected chi connectivity index (χ3v) is 2.83. The summed E-state index contributed by atoms with van der Waals surface area (Å²) in [5, 5.41) is 11.5. The first-order chi connectivity index (χ1) is 9.27. The molecule has 1 unspecified atom stereocenters. The van der Waals surface area contributed by atoms with Gasteiger partial charge in [0.05, 0.1) is 24.1 Å². The number of halogens is 2. The predicted octanol–water partition coefficient (Wildman–Crippen LogP) is 2.09. The minimum absolute atomic E-state index is 0.0136. The first-order valence-electron chi connectivity index (χ1n) is 5.76. The van der Waals surface area contributed by atoms with Crippen molar-refractivity contribution in [1.82, 2.24) is 5.32 Å². The molecule has 0 radical (unpaired) electrons. The van der Waals surface area contributed by atoms with Gasteiger partial charge < -0.3 is 15.2 Å². The van der Waals surface area contributed by atoms with Gasteiger partial charge in [0.2, 0.25) is 0 Å². The van der Waals surface area contributed by atoms with E-state index in [9.17, 15) is 14.0 Å². The molecule has 20 heavy (non-hydrogen) atoms. The van der Waals surface area contributed by atoms with E-state index < -0.39 is 23.2 Å². The number of nitrogens with one attached hydrogen (secondary N) is 1. The second kappa shape index (κ2) is 6.67. The van der Waals surface area contributed by atoms with Crippen LogP contribution in [0.4, 0.5) is 4.39 Å². The highest BCUT2D eigenvalue weighted by Gasteiger charge is 2.30. The molecule has 110 valence electrons. The summed E-state index contributed by atoms with van der Waals surface area (Å²) >= 11 is 5.60. The first kappa shape index (κ1) is 16.4. The molecule has 0 heterocycles. The lowest BCUT2D eigenvalue weighted by Gasteiger charge is -2.28. The number of benzene rings is 1. The fourth-order valence-corrected chi connectivity index (χ4v) is 1.96. The van der Waals surface area contributed by atoms with Crippen LogP contribution in [0, 0.1) is 5.82 Å². The van der Waals surface area contributed by atoms with Crippen LogP contribution in [0.25, 0.3) is 0 Å². The standard InChI is InChI=1S/C13H15ClFNO4/c1-13(7-20-2,6-11(17)18)16-12(19)9-4-3-8(14)5-10(9)15/h3-5H,6-7H2,1-2H3,(H,16,19)(H,17,18). The smallest absolute Gasteiger partial charge is 0.305 e. The predicted molar refractivity (Wildman–Crippen MR) is 71.4 cm³/mol. The van der Waals surface area contributed by atoms with Crippen LogP contribution in [0.1, 0.15) is 23.7 Å². The van der Waals surface area contributed by atoms with Crippen LogP contribution in [-0.4, -0.2) is 36.2 Å². The lowest BCUT2D eigenvalue weighted by Crippen LogP contribution is -2.50. The normalized spacial score (nSPS) is 13.6. The molecule has 0 aliphatic rings. The Hall–Kier alpha value is -1.66. The molecule has 1 aromatic rings. The van der Waals surface area contributed by atoms with Crippen molar-refractivity contribution in [2.75, 3.05) is 13.7 Å². The monoisotopic (exact) mass is 303 g/mol. The Morgan fingerprint density at radius 1 is 1.50 bits per heavy atom. The van der Waals surface area contributed by atoms with Crippen molar-refractivity contribution in [3.63, 3.8) is 0 Å². The lowest BCUT2D eigenvalue weighted by molar-refractivity contribution is -0.139. The van der Waals surface area contributed by atoms with Crippen LogP contribution >= 0.6 is 11.6 Å². The van der Waals surface area contributed by atoms with E-state index in [0.717, 1.165) is 6.07 Å². The van der Waals surface area contributed by atoms with E-state index in [4.69, 9.17) is 21.4 Å². The number of rotatable bonds is 6. The number of hydrogen-bond donors (Lipinski definition) is 2. The number of aliphatic carboxylic acids is 1. The molecular weight excluding hydrogens is 289 g/mol. The molecule has 2 N–H and O–H groups in total. The van der Waals surface area contributed by atoms with Gasteiger partial charge in [-0.05, 0) is 25.1 Å². The summed E-state index contributed by atoms with van der Waals surface area (Å²) in [6.45, 7) is 1.50.